The monoisotopic (exact) mass is 318 g/mol. The summed E-state index contributed by atoms with van der Waals surface area (Å²) in [4.78, 5) is 19.7. The molecule has 1 amide bonds. The van der Waals surface area contributed by atoms with Crippen LogP contribution in [-0.4, -0.2) is 41.0 Å². The van der Waals surface area contributed by atoms with Gasteiger partial charge in [-0.25, -0.2) is 14.8 Å². The number of carbonyl (C=O) groups excluding carboxylic acids is 1. The highest BCUT2D eigenvalue weighted by molar-refractivity contribution is 7.98. The van der Waals surface area contributed by atoms with Gasteiger partial charge in [-0.1, -0.05) is 23.4 Å². The summed E-state index contributed by atoms with van der Waals surface area (Å²) >= 11 is 7.28. The minimum Gasteiger partial charge on any atom is -0.444 e. The van der Waals surface area contributed by atoms with E-state index in [2.05, 4.69) is 20.6 Å². The molecule has 0 aliphatic heterocycles. The molecule has 112 valence electrons. The molecule has 0 spiro atoms. The van der Waals surface area contributed by atoms with Crippen molar-refractivity contribution < 1.29 is 9.53 Å². The van der Waals surface area contributed by atoms with Crippen molar-refractivity contribution in [2.75, 3.05) is 24.7 Å². The van der Waals surface area contributed by atoms with Crippen LogP contribution in [0.5, 0.6) is 0 Å². The molecule has 0 saturated carbocycles. The standard InChI is InChI=1S/C12H19ClN4O2S/c1-12(2,3)19-11(18)15-6-5-14-9-7-8(13)16-10(17-9)20-4/h7H,5-6H2,1-4H3,(H,15,18)(H,14,16,17). The maximum absolute atomic E-state index is 11.4. The summed E-state index contributed by atoms with van der Waals surface area (Å²) in [6.07, 6.45) is 1.43. The number of halogens is 1. The average Bonchev–Trinajstić information content (AvgIpc) is 2.32. The largest absolute Gasteiger partial charge is 0.444 e. The number of hydrogen-bond acceptors (Lipinski definition) is 6. The third-order valence-corrected chi connectivity index (χ3v) is 2.70. The van der Waals surface area contributed by atoms with E-state index >= 15 is 0 Å². The van der Waals surface area contributed by atoms with E-state index in [4.69, 9.17) is 16.3 Å². The van der Waals surface area contributed by atoms with Crippen molar-refractivity contribution in [3.63, 3.8) is 0 Å². The summed E-state index contributed by atoms with van der Waals surface area (Å²) in [5.41, 5.74) is -0.495. The highest BCUT2D eigenvalue weighted by atomic mass is 35.5. The molecule has 1 rings (SSSR count). The summed E-state index contributed by atoms with van der Waals surface area (Å²) in [6.45, 7) is 6.39. The molecule has 1 aromatic heterocycles. The van der Waals surface area contributed by atoms with Crippen LogP contribution in [0.2, 0.25) is 5.15 Å². The third kappa shape index (κ3) is 6.81. The first-order valence-corrected chi connectivity index (χ1v) is 7.70. The number of nitrogens with zero attached hydrogens (tertiary/aromatic N) is 2. The number of anilines is 1. The smallest absolute Gasteiger partial charge is 0.407 e. The Hall–Kier alpha value is -1.21. The Morgan fingerprint density at radius 3 is 2.70 bits per heavy atom. The SMILES string of the molecule is CSc1nc(Cl)cc(NCCNC(=O)OC(C)(C)C)n1. The van der Waals surface area contributed by atoms with E-state index in [-0.39, 0.29) is 0 Å². The Morgan fingerprint density at radius 2 is 2.10 bits per heavy atom. The number of nitrogens with one attached hydrogen (secondary N) is 2. The summed E-state index contributed by atoms with van der Waals surface area (Å²) in [7, 11) is 0. The number of amides is 1. The van der Waals surface area contributed by atoms with Gasteiger partial charge in [0.2, 0.25) is 0 Å². The minimum absolute atomic E-state index is 0.381. The van der Waals surface area contributed by atoms with Gasteiger partial charge in [-0.3, -0.25) is 0 Å². The average molecular weight is 319 g/mol. The number of thioether (sulfide) groups is 1. The van der Waals surface area contributed by atoms with Crippen LogP contribution in [0.4, 0.5) is 10.6 Å². The minimum atomic E-state index is -0.495. The number of rotatable bonds is 5. The Morgan fingerprint density at radius 1 is 1.40 bits per heavy atom. The van der Waals surface area contributed by atoms with Gasteiger partial charge < -0.3 is 15.4 Å². The number of alkyl carbamates (subject to hydrolysis) is 1. The molecule has 0 aliphatic rings. The Bertz CT molecular complexity index is 465. The van der Waals surface area contributed by atoms with Gasteiger partial charge in [-0.05, 0) is 27.0 Å². The van der Waals surface area contributed by atoms with Gasteiger partial charge >= 0.3 is 6.09 Å². The van der Waals surface area contributed by atoms with Crippen molar-refractivity contribution in [3.8, 4) is 0 Å². The Kier molecular flexibility index (Phi) is 6.35. The molecular weight excluding hydrogens is 300 g/mol. The molecule has 20 heavy (non-hydrogen) atoms. The third-order valence-electron chi connectivity index (χ3n) is 1.96. The molecule has 0 saturated heterocycles. The number of aromatic nitrogens is 2. The zero-order valence-electron chi connectivity index (χ0n) is 12.0. The van der Waals surface area contributed by atoms with E-state index in [0.29, 0.717) is 29.2 Å². The molecule has 2 N–H and O–H groups in total. The molecule has 8 heteroatoms. The van der Waals surface area contributed by atoms with Crippen molar-refractivity contribution in [2.45, 2.75) is 31.5 Å². The molecule has 0 bridgehead atoms. The Balaban J connectivity index is 2.34. The predicted octanol–water partition coefficient (Wildman–Crippen LogP) is 2.79. The maximum atomic E-state index is 11.4. The van der Waals surface area contributed by atoms with Crippen LogP contribution in [0, 0.1) is 0 Å². The van der Waals surface area contributed by atoms with Gasteiger partial charge in [-0.15, -0.1) is 0 Å². The molecule has 0 atom stereocenters. The van der Waals surface area contributed by atoms with Crippen molar-refractivity contribution in [3.05, 3.63) is 11.2 Å². The van der Waals surface area contributed by atoms with Gasteiger partial charge in [0.25, 0.3) is 0 Å². The van der Waals surface area contributed by atoms with E-state index < -0.39 is 11.7 Å². The van der Waals surface area contributed by atoms with Crippen LogP contribution in [0.15, 0.2) is 11.2 Å². The second kappa shape index (κ2) is 7.54. The van der Waals surface area contributed by atoms with Crippen LogP contribution in [0.3, 0.4) is 0 Å². The summed E-state index contributed by atoms with van der Waals surface area (Å²) in [6, 6.07) is 1.63. The molecule has 0 aromatic carbocycles. The fourth-order valence-corrected chi connectivity index (χ4v) is 1.86. The summed E-state index contributed by atoms with van der Waals surface area (Å²) < 4.78 is 5.12. The number of carbonyl (C=O) groups is 1. The predicted molar refractivity (Wildman–Crippen MR) is 81.5 cm³/mol. The summed E-state index contributed by atoms with van der Waals surface area (Å²) in [5, 5.41) is 6.69. The lowest BCUT2D eigenvalue weighted by atomic mass is 10.2. The van der Waals surface area contributed by atoms with Crippen molar-refractivity contribution in [1.82, 2.24) is 15.3 Å². The van der Waals surface area contributed by atoms with E-state index in [1.165, 1.54) is 11.8 Å². The zero-order valence-corrected chi connectivity index (χ0v) is 13.6. The van der Waals surface area contributed by atoms with Crippen LogP contribution in [0.25, 0.3) is 0 Å². The number of hydrogen-bond donors (Lipinski definition) is 2. The fraction of sp³-hybridized carbons (Fsp3) is 0.583. The van der Waals surface area contributed by atoms with Gasteiger partial charge in [0.1, 0.15) is 16.6 Å². The lowest BCUT2D eigenvalue weighted by Gasteiger charge is -2.19. The topological polar surface area (TPSA) is 76.1 Å². The first-order valence-electron chi connectivity index (χ1n) is 6.09. The molecule has 0 aliphatic carbocycles. The molecule has 1 aromatic rings. The maximum Gasteiger partial charge on any atom is 0.407 e. The second-order valence-corrected chi connectivity index (χ2v) is 6.08. The lowest BCUT2D eigenvalue weighted by Crippen LogP contribution is -2.35. The Labute approximate surface area is 128 Å². The number of ether oxygens (including phenoxy) is 1. The van der Waals surface area contributed by atoms with E-state index in [1.807, 2.05) is 27.0 Å². The summed E-state index contributed by atoms with van der Waals surface area (Å²) in [5.74, 6) is 0.625. The zero-order chi connectivity index (χ0) is 15.2. The second-order valence-electron chi connectivity index (χ2n) is 4.92. The van der Waals surface area contributed by atoms with E-state index in [9.17, 15) is 4.79 Å². The van der Waals surface area contributed by atoms with Crippen LogP contribution >= 0.6 is 23.4 Å². The van der Waals surface area contributed by atoms with Crippen molar-refractivity contribution in [1.29, 1.82) is 0 Å². The van der Waals surface area contributed by atoms with Crippen molar-refractivity contribution >= 4 is 35.3 Å². The molecule has 1 heterocycles. The van der Waals surface area contributed by atoms with Gasteiger partial charge in [0.05, 0.1) is 0 Å². The first kappa shape index (κ1) is 16.8. The fourth-order valence-electron chi connectivity index (χ4n) is 1.25. The van der Waals surface area contributed by atoms with Crippen LogP contribution in [-0.2, 0) is 4.74 Å². The highest BCUT2D eigenvalue weighted by Crippen LogP contribution is 2.16. The van der Waals surface area contributed by atoms with Gasteiger partial charge in [0.15, 0.2) is 5.16 Å². The molecule has 0 unspecified atom stereocenters. The van der Waals surface area contributed by atoms with Gasteiger partial charge in [0, 0.05) is 19.2 Å². The molecule has 0 radical (unpaired) electrons. The first-order chi connectivity index (χ1) is 9.30. The van der Waals surface area contributed by atoms with E-state index in [0.717, 1.165) is 0 Å². The molecular formula is C12H19ClN4O2S. The molecule has 6 nitrogen and oxygen atoms in total. The normalized spacial score (nSPS) is 11.1. The lowest BCUT2D eigenvalue weighted by molar-refractivity contribution is 0.0530. The highest BCUT2D eigenvalue weighted by Gasteiger charge is 2.15. The van der Waals surface area contributed by atoms with E-state index in [1.54, 1.807) is 6.07 Å². The van der Waals surface area contributed by atoms with Crippen molar-refractivity contribution in [2.24, 2.45) is 0 Å². The van der Waals surface area contributed by atoms with Crippen LogP contribution < -0.4 is 10.6 Å². The molecule has 0 fully saturated rings. The quantitative estimate of drug-likeness (QED) is 0.376. The van der Waals surface area contributed by atoms with Crippen LogP contribution in [0.1, 0.15) is 20.8 Å². The van der Waals surface area contributed by atoms with Gasteiger partial charge in [-0.2, -0.15) is 0 Å².